The van der Waals surface area contributed by atoms with Crippen molar-refractivity contribution in [2.45, 2.75) is 43.5 Å². The van der Waals surface area contributed by atoms with E-state index < -0.39 is 34.4 Å². The molecule has 1 aromatic rings. The predicted molar refractivity (Wildman–Crippen MR) is 97.9 cm³/mol. The number of benzene rings is 1. The lowest BCUT2D eigenvalue weighted by molar-refractivity contribution is -0.123. The second kappa shape index (κ2) is 8.98. The van der Waals surface area contributed by atoms with Crippen LogP contribution in [0.1, 0.15) is 43.0 Å². The first-order chi connectivity index (χ1) is 12.7. The fraction of sp³-hybridized carbons (Fsp3) is 0.500. The van der Waals surface area contributed by atoms with Gasteiger partial charge in [0.15, 0.2) is 16.4 Å². The summed E-state index contributed by atoms with van der Waals surface area (Å²) < 4.78 is 27.6. The normalized spacial score (nSPS) is 19.8. The molecule has 1 aromatic carbocycles. The number of imide groups is 1. The predicted octanol–water partition coefficient (Wildman–Crippen LogP) is 1.65. The molecule has 3 amide bonds. The fourth-order valence-electron chi connectivity index (χ4n) is 2.95. The monoisotopic (exact) mass is 396 g/mol. The summed E-state index contributed by atoms with van der Waals surface area (Å²) in [5.74, 6) is -1.17. The van der Waals surface area contributed by atoms with Crippen molar-refractivity contribution in [3.63, 3.8) is 0 Å². The van der Waals surface area contributed by atoms with Crippen molar-refractivity contribution >= 4 is 27.7 Å². The highest BCUT2D eigenvalue weighted by molar-refractivity contribution is 7.90. The lowest BCUT2D eigenvalue weighted by atomic mass is 9.86. The van der Waals surface area contributed by atoms with E-state index >= 15 is 0 Å². The lowest BCUT2D eigenvalue weighted by Crippen LogP contribution is -2.48. The summed E-state index contributed by atoms with van der Waals surface area (Å²) in [4.78, 5) is 35.6. The Kier molecular flexibility index (Phi) is 6.95. The van der Waals surface area contributed by atoms with Crippen molar-refractivity contribution in [3.05, 3.63) is 29.8 Å². The number of rotatable bonds is 5. The Morgan fingerprint density at radius 1 is 1.11 bits per heavy atom. The minimum Gasteiger partial charge on any atom is -0.452 e. The summed E-state index contributed by atoms with van der Waals surface area (Å²) in [6, 6.07) is 4.59. The van der Waals surface area contributed by atoms with E-state index in [9.17, 15) is 22.8 Å². The van der Waals surface area contributed by atoms with E-state index in [-0.39, 0.29) is 16.5 Å². The summed E-state index contributed by atoms with van der Waals surface area (Å²) in [6.07, 6.45) is 5.15. The summed E-state index contributed by atoms with van der Waals surface area (Å²) >= 11 is 0. The minimum absolute atomic E-state index is 0.0301. The first-order valence-corrected chi connectivity index (χ1v) is 10.6. The molecule has 1 aliphatic carbocycles. The van der Waals surface area contributed by atoms with Crippen molar-refractivity contribution in [2.24, 2.45) is 5.92 Å². The third-order valence-corrected chi connectivity index (χ3v) is 5.66. The van der Waals surface area contributed by atoms with Gasteiger partial charge in [-0.05, 0) is 43.0 Å². The van der Waals surface area contributed by atoms with E-state index in [1.165, 1.54) is 24.3 Å². The van der Waals surface area contributed by atoms with Crippen LogP contribution in [0.5, 0.6) is 0 Å². The van der Waals surface area contributed by atoms with E-state index in [1.807, 2.05) is 0 Å². The molecule has 27 heavy (non-hydrogen) atoms. The van der Waals surface area contributed by atoms with Crippen molar-refractivity contribution in [1.82, 2.24) is 10.6 Å². The van der Waals surface area contributed by atoms with Crippen LogP contribution in [0.15, 0.2) is 29.2 Å². The number of hydrogen-bond acceptors (Lipinski definition) is 6. The lowest BCUT2D eigenvalue weighted by Gasteiger charge is -2.29. The molecule has 0 heterocycles. The number of urea groups is 1. The summed E-state index contributed by atoms with van der Waals surface area (Å²) in [6.45, 7) is 1.45. The fourth-order valence-corrected chi connectivity index (χ4v) is 3.58. The van der Waals surface area contributed by atoms with Gasteiger partial charge in [0.05, 0.1) is 10.5 Å². The molecule has 9 heteroatoms. The molecule has 2 rings (SSSR count). The quantitative estimate of drug-likeness (QED) is 0.731. The zero-order valence-electron chi connectivity index (χ0n) is 15.4. The highest BCUT2D eigenvalue weighted by atomic mass is 32.2. The number of nitrogens with one attached hydrogen (secondary N) is 2. The zero-order valence-corrected chi connectivity index (χ0v) is 16.2. The molecule has 0 unspecified atom stereocenters. The van der Waals surface area contributed by atoms with Crippen molar-refractivity contribution in [2.75, 3.05) is 12.9 Å². The average molecular weight is 396 g/mol. The maximum absolute atomic E-state index is 11.9. The third-order valence-electron chi connectivity index (χ3n) is 4.53. The molecule has 0 saturated heterocycles. The molecular formula is C18H24N2O6S. The van der Waals surface area contributed by atoms with Gasteiger partial charge in [-0.25, -0.2) is 18.0 Å². The van der Waals surface area contributed by atoms with Gasteiger partial charge in [-0.1, -0.05) is 19.8 Å². The number of ether oxygens (including phenoxy) is 1. The molecule has 0 aliphatic heterocycles. The second-order valence-electron chi connectivity index (χ2n) is 6.76. The van der Waals surface area contributed by atoms with Gasteiger partial charge in [0, 0.05) is 12.3 Å². The molecular weight excluding hydrogens is 372 g/mol. The Hall–Kier alpha value is -2.42. The topological polar surface area (TPSA) is 119 Å². The summed E-state index contributed by atoms with van der Waals surface area (Å²) in [5, 5.41) is 4.91. The molecule has 2 N–H and O–H groups in total. The molecule has 0 spiro atoms. The van der Waals surface area contributed by atoms with E-state index in [1.54, 1.807) is 0 Å². The van der Waals surface area contributed by atoms with Gasteiger partial charge in [-0.3, -0.25) is 10.1 Å². The molecule has 1 saturated carbocycles. The maximum atomic E-state index is 11.9. The van der Waals surface area contributed by atoms with Gasteiger partial charge in [0.2, 0.25) is 0 Å². The van der Waals surface area contributed by atoms with Crippen LogP contribution in [-0.4, -0.2) is 45.2 Å². The molecule has 0 bridgehead atoms. The Bertz CT molecular complexity index is 804. The number of amides is 3. The van der Waals surface area contributed by atoms with Gasteiger partial charge in [-0.15, -0.1) is 0 Å². The smallest absolute Gasteiger partial charge is 0.338 e. The number of esters is 1. The van der Waals surface area contributed by atoms with Crippen LogP contribution in [0.2, 0.25) is 0 Å². The SMILES string of the molecule is C[C@@H]1CCCC[C@@H]1NC(=O)NC(=O)COC(=O)c1ccc(S(C)(=O)=O)cc1. The van der Waals surface area contributed by atoms with Crippen LogP contribution < -0.4 is 10.6 Å². The molecule has 8 nitrogen and oxygen atoms in total. The largest absolute Gasteiger partial charge is 0.452 e. The van der Waals surface area contributed by atoms with Crippen molar-refractivity contribution in [3.8, 4) is 0 Å². The number of carbonyl (C=O) groups excluding carboxylic acids is 3. The van der Waals surface area contributed by atoms with Crippen LogP contribution in [0.3, 0.4) is 0 Å². The van der Waals surface area contributed by atoms with Crippen LogP contribution in [0.25, 0.3) is 0 Å². The number of hydrogen-bond donors (Lipinski definition) is 2. The number of sulfone groups is 1. The van der Waals surface area contributed by atoms with Crippen LogP contribution >= 0.6 is 0 Å². The highest BCUT2D eigenvalue weighted by Crippen LogP contribution is 2.23. The highest BCUT2D eigenvalue weighted by Gasteiger charge is 2.23. The second-order valence-corrected chi connectivity index (χ2v) is 8.78. The maximum Gasteiger partial charge on any atom is 0.338 e. The molecule has 0 radical (unpaired) electrons. The van der Waals surface area contributed by atoms with Gasteiger partial charge < -0.3 is 10.1 Å². The molecule has 1 aliphatic rings. The van der Waals surface area contributed by atoms with Gasteiger partial charge in [-0.2, -0.15) is 0 Å². The van der Waals surface area contributed by atoms with Crippen LogP contribution in [0.4, 0.5) is 4.79 Å². The average Bonchev–Trinajstić information content (AvgIpc) is 2.61. The van der Waals surface area contributed by atoms with Crippen molar-refractivity contribution in [1.29, 1.82) is 0 Å². The Morgan fingerprint density at radius 3 is 2.33 bits per heavy atom. The van der Waals surface area contributed by atoms with Gasteiger partial charge in [0.1, 0.15) is 0 Å². The molecule has 1 fully saturated rings. The molecule has 0 aromatic heterocycles. The number of carbonyl (C=O) groups is 3. The first-order valence-electron chi connectivity index (χ1n) is 8.74. The Morgan fingerprint density at radius 2 is 1.74 bits per heavy atom. The molecule has 2 atom stereocenters. The van der Waals surface area contributed by atoms with E-state index in [0.29, 0.717) is 5.92 Å². The van der Waals surface area contributed by atoms with Gasteiger partial charge in [0.25, 0.3) is 5.91 Å². The first kappa shape index (κ1) is 20.9. The Balaban J connectivity index is 1.79. The molecule has 148 valence electrons. The summed E-state index contributed by atoms with van der Waals surface area (Å²) in [5.41, 5.74) is 0.107. The van der Waals surface area contributed by atoms with Gasteiger partial charge >= 0.3 is 12.0 Å². The standard InChI is InChI=1S/C18H24N2O6S/c1-12-5-3-4-6-15(12)19-18(23)20-16(21)11-26-17(22)13-7-9-14(10-8-13)27(2,24)25/h7-10,12,15H,3-6,11H2,1-2H3,(H2,19,20,21,23)/t12-,15+/m1/s1. The summed E-state index contributed by atoms with van der Waals surface area (Å²) in [7, 11) is -3.36. The zero-order chi connectivity index (χ0) is 20.0. The Labute approximate surface area is 158 Å². The van der Waals surface area contributed by atoms with Crippen molar-refractivity contribution < 1.29 is 27.5 Å². The third kappa shape index (κ3) is 6.35. The van der Waals surface area contributed by atoms with E-state index in [2.05, 4.69) is 17.6 Å². The minimum atomic E-state index is -3.36. The van der Waals surface area contributed by atoms with Crippen LogP contribution in [0, 0.1) is 5.92 Å². The van der Waals surface area contributed by atoms with E-state index in [0.717, 1.165) is 31.9 Å². The van der Waals surface area contributed by atoms with E-state index in [4.69, 9.17) is 4.74 Å². The van der Waals surface area contributed by atoms with Crippen LogP contribution in [-0.2, 0) is 19.4 Å².